The molecule has 0 amide bonds. The van der Waals surface area contributed by atoms with E-state index in [0.29, 0.717) is 10.5 Å². The van der Waals surface area contributed by atoms with Crippen LogP contribution in [0.5, 0.6) is 0 Å². The molecular weight excluding hydrogens is 160 g/mol. The summed E-state index contributed by atoms with van der Waals surface area (Å²) in [5.74, 6) is -0.379. The smallest absolute Gasteiger partial charge is 0.336 e. The molecule has 3 heteroatoms. The van der Waals surface area contributed by atoms with Crippen LogP contribution in [-0.2, 0) is 17.4 Å². The van der Waals surface area contributed by atoms with Crippen LogP contribution >= 0.6 is 0 Å². The summed E-state index contributed by atoms with van der Waals surface area (Å²) in [6.45, 7) is 0. The third-order valence-corrected chi connectivity index (χ3v) is 1.65. The molecule has 0 heterocycles. The fraction of sp³-hybridized carbons (Fsp3) is 0.125. The van der Waals surface area contributed by atoms with Gasteiger partial charge in [0, 0.05) is 5.56 Å². The number of ether oxygens (including phenoxy) is 1. The Labute approximate surface area is 70.6 Å². The minimum atomic E-state index is -0.379. The largest absolute Gasteiger partial charge is 0.779 e. The van der Waals surface area contributed by atoms with E-state index in [-0.39, 0.29) is 5.97 Å². The molecule has 0 aliphatic heterocycles. The Bertz CT molecular complexity index is 271. The van der Waals surface area contributed by atoms with Gasteiger partial charge in [0.2, 0.25) is 0 Å². The van der Waals surface area contributed by atoms with Gasteiger partial charge in [0.05, 0.1) is 7.11 Å². The van der Waals surface area contributed by atoms with Crippen molar-refractivity contribution >= 4 is 18.6 Å². The predicted octanol–water partition coefficient (Wildman–Crippen LogP) is 1.38. The lowest BCUT2D eigenvalue weighted by atomic mass is 10.2. The van der Waals surface area contributed by atoms with Gasteiger partial charge < -0.3 is 17.4 Å². The van der Waals surface area contributed by atoms with Crippen LogP contribution in [0.15, 0.2) is 29.2 Å². The topological polar surface area (TPSA) is 26.3 Å². The minimum absolute atomic E-state index is 0.379. The lowest BCUT2D eigenvalue weighted by molar-refractivity contribution is 0.0597. The fourth-order valence-corrected chi connectivity index (χ4v) is 0.975. The van der Waals surface area contributed by atoms with Crippen molar-refractivity contribution in [2.45, 2.75) is 4.90 Å². The van der Waals surface area contributed by atoms with Gasteiger partial charge in [-0.15, -0.1) is 0 Å². The molecule has 58 valence electrons. The van der Waals surface area contributed by atoms with Gasteiger partial charge in [0.25, 0.3) is 0 Å². The lowest BCUT2D eigenvalue weighted by Gasteiger charge is -2.09. The van der Waals surface area contributed by atoms with E-state index in [9.17, 15) is 4.79 Å². The van der Waals surface area contributed by atoms with Crippen LogP contribution in [0.4, 0.5) is 0 Å². The molecule has 0 aromatic heterocycles. The molecule has 0 saturated carbocycles. The van der Waals surface area contributed by atoms with E-state index in [2.05, 4.69) is 4.74 Å². The first-order valence-corrected chi connectivity index (χ1v) is 3.51. The second-order valence-electron chi connectivity index (χ2n) is 1.99. The summed E-state index contributed by atoms with van der Waals surface area (Å²) < 4.78 is 4.51. The van der Waals surface area contributed by atoms with Crippen LogP contribution < -0.4 is 0 Å². The van der Waals surface area contributed by atoms with Crippen molar-refractivity contribution < 1.29 is 9.53 Å². The van der Waals surface area contributed by atoms with Crippen LogP contribution in [0.1, 0.15) is 10.4 Å². The summed E-state index contributed by atoms with van der Waals surface area (Å²) in [4.78, 5) is 11.5. The number of carbonyl (C=O) groups excluding carboxylic acids is 1. The second kappa shape index (κ2) is 3.34. The Morgan fingerprint density at radius 2 is 2.09 bits per heavy atom. The number of methoxy groups -OCH3 is 1. The first-order valence-electron chi connectivity index (χ1n) is 3.10. The van der Waals surface area contributed by atoms with Gasteiger partial charge in [-0.2, -0.15) is 4.90 Å². The van der Waals surface area contributed by atoms with Crippen LogP contribution in [0.25, 0.3) is 0 Å². The lowest BCUT2D eigenvalue weighted by Crippen LogP contribution is -2.02. The van der Waals surface area contributed by atoms with Gasteiger partial charge in [-0.1, -0.05) is 18.2 Å². The predicted molar refractivity (Wildman–Crippen MR) is 43.4 cm³/mol. The maximum absolute atomic E-state index is 10.9. The number of esters is 1. The molecule has 2 nitrogen and oxygen atoms in total. The van der Waals surface area contributed by atoms with Crippen LogP contribution in [0, 0.1) is 0 Å². The minimum Gasteiger partial charge on any atom is -0.779 e. The molecule has 0 atom stereocenters. The van der Waals surface area contributed by atoms with E-state index in [0.717, 1.165) is 0 Å². The molecule has 0 aliphatic rings. The molecule has 0 fully saturated rings. The van der Waals surface area contributed by atoms with Crippen molar-refractivity contribution in [3.05, 3.63) is 29.8 Å². The Morgan fingerprint density at radius 1 is 1.45 bits per heavy atom. The quantitative estimate of drug-likeness (QED) is 0.467. The molecule has 0 saturated heterocycles. The van der Waals surface area contributed by atoms with Crippen molar-refractivity contribution in [3.8, 4) is 0 Å². The highest BCUT2D eigenvalue weighted by Gasteiger charge is 2.02. The molecule has 0 N–H and O–H groups in total. The SMILES string of the molecule is COC(=O)c1ccccc1[S-]. The maximum Gasteiger partial charge on any atom is 0.336 e. The van der Waals surface area contributed by atoms with Crippen molar-refractivity contribution in [1.29, 1.82) is 0 Å². The zero-order valence-corrected chi connectivity index (χ0v) is 6.85. The highest BCUT2D eigenvalue weighted by molar-refractivity contribution is 7.58. The average molecular weight is 167 g/mol. The summed E-state index contributed by atoms with van der Waals surface area (Å²) in [6.07, 6.45) is 0. The van der Waals surface area contributed by atoms with Gasteiger partial charge in [-0.05, 0) is 6.07 Å². The average Bonchev–Trinajstić information content (AvgIpc) is 2.04. The summed E-state index contributed by atoms with van der Waals surface area (Å²) in [7, 11) is 1.34. The highest BCUT2D eigenvalue weighted by atomic mass is 32.1. The van der Waals surface area contributed by atoms with Gasteiger partial charge in [0.1, 0.15) is 0 Å². The number of hydrogen-bond donors (Lipinski definition) is 0. The second-order valence-corrected chi connectivity index (χ2v) is 2.43. The Kier molecular flexibility index (Phi) is 2.44. The standard InChI is InChI=1S/C8H8O2S/c1-10-8(9)6-4-2-3-5-7(6)11/h2-5,11H,1H3/p-1. The first-order chi connectivity index (χ1) is 5.25. The van der Waals surface area contributed by atoms with Gasteiger partial charge in [-0.25, -0.2) is 4.79 Å². The van der Waals surface area contributed by atoms with Crippen LogP contribution in [-0.4, -0.2) is 13.1 Å². The monoisotopic (exact) mass is 167 g/mol. The van der Waals surface area contributed by atoms with Gasteiger partial charge >= 0.3 is 5.97 Å². The van der Waals surface area contributed by atoms with Crippen molar-refractivity contribution in [2.75, 3.05) is 7.11 Å². The number of hydrogen-bond acceptors (Lipinski definition) is 3. The van der Waals surface area contributed by atoms with Crippen molar-refractivity contribution in [1.82, 2.24) is 0 Å². The van der Waals surface area contributed by atoms with Crippen LogP contribution in [0.2, 0.25) is 0 Å². The molecule has 0 spiro atoms. The van der Waals surface area contributed by atoms with E-state index in [1.165, 1.54) is 7.11 Å². The highest BCUT2D eigenvalue weighted by Crippen LogP contribution is 2.07. The molecule has 1 aromatic rings. The zero-order valence-electron chi connectivity index (χ0n) is 6.03. The normalized spacial score (nSPS) is 9.18. The molecule has 0 bridgehead atoms. The van der Waals surface area contributed by atoms with E-state index < -0.39 is 0 Å². The molecule has 1 aromatic carbocycles. The molecule has 11 heavy (non-hydrogen) atoms. The van der Waals surface area contributed by atoms with Crippen molar-refractivity contribution in [2.24, 2.45) is 0 Å². The van der Waals surface area contributed by atoms with E-state index in [1.807, 2.05) is 0 Å². The van der Waals surface area contributed by atoms with Crippen LogP contribution in [0.3, 0.4) is 0 Å². The Hall–Kier alpha value is -1.09. The summed E-state index contributed by atoms with van der Waals surface area (Å²) in [5, 5.41) is 0. The zero-order chi connectivity index (χ0) is 8.27. The van der Waals surface area contributed by atoms with Crippen molar-refractivity contribution in [3.63, 3.8) is 0 Å². The molecule has 0 radical (unpaired) electrons. The van der Waals surface area contributed by atoms with Gasteiger partial charge in [-0.3, -0.25) is 0 Å². The number of benzene rings is 1. The first kappa shape index (κ1) is 8.01. The summed E-state index contributed by atoms with van der Waals surface area (Å²) in [5.41, 5.74) is 0.449. The third kappa shape index (κ3) is 1.68. The Morgan fingerprint density at radius 3 is 2.64 bits per heavy atom. The molecule has 1 rings (SSSR count). The molecule has 0 unspecified atom stereocenters. The third-order valence-electron chi connectivity index (χ3n) is 1.29. The summed E-state index contributed by atoms with van der Waals surface area (Å²) >= 11 is 4.89. The Balaban J connectivity index is 3.03. The maximum atomic E-state index is 10.9. The van der Waals surface area contributed by atoms with E-state index in [4.69, 9.17) is 12.6 Å². The number of rotatable bonds is 1. The molecular formula is C8H7O2S-. The van der Waals surface area contributed by atoms with E-state index in [1.54, 1.807) is 24.3 Å². The van der Waals surface area contributed by atoms with E-state index >= 15 is 0 Å². The summed E-state index contributed by atoms with van der Waals surface area (Å²) in [6, 6.07) is 6.88. The number of carbonyl (C=O) groups is 1. The fourth-order valence-electron chi connectivity index (χ4n) is 0.745. The molecule has 0 aliphatic carbocycles. The van der Waals surface area contributed by atoms with Gasteiger partial charge in [0.15, 0.2) is 0 Å².